The van der Waals surface area contributed by atoms with Crippen LogP contribution in [-0.4, -0.2) is 5.11 Å². The number of benzene rings is 1. The average molecular weight is 194 g/mol. The molecule has 0 aliphatic heterocycles. The van der Waals surface area contributed by atoms with Crippen molar-refractivity contribution in [3.63, 3.8) is 0 Å². The van der Waals surface area contributed by atoms with E-state index in [9.17, 15) is 4.39 Å². The summed E-state index contributed by atoms with van der Waals surface area (Å²) in [5.41, 5.74) is 6.52. The van der Waals surface area contributed by atoms with Gasteiger partial charge in [0.05, 0.1) is 19.1 Å². The number of aliphatic hydroxyl groups excluding tert-OH is 1. The van der Waals surface area contributed by atoms with Crippen molar-refractivity contribution in [2.24, 2.45) is 5.73 Å². The Labute approximate surface area is 81.6 Å². The van der Waals surface area contributed by atoms with E-state index in [1.165, 1.54) is 18.2 Å². The second kappa shape index (κ2) is 4.70. The van der Waals surface area contributed by atoms with E-state index in [2.05, 4.69) is 0 Å². The van der Waals surface area contributed by atoms with Gasteiger partial charge < -0.3 is 10.8 Å². The Morgan fingerprint density at radius 3 is 2.86 bits per heavy atom. The van der Waals surface area contributed by atoms with Crippen molar-refractivity contribution in [3.05, 3.63) is 35.1 Å². The molecule has 1 atom stereocenters. The molecular formula is C10H11FN2O. The lowest BCUT2D eigenvalue weighted by Gasteiger charge is -2.09. The third-order valence-corrected chi connectivity index (χ3v) is 1.98. The van der Waals surface area contributed by atoms with Gasteiger partial charge in [-0.1, -0.05) is 6.07 Å². The van der Waals surface area contributed by atoms with Crippen molar-refractivity contribution in [2.75, 3.05) is 0 Å². The van der Waals surface area contributed by atoms with Gasteiger partial charge in [0, 0.05) is 11.6 Å². The first kappa shape index (κ1) is 10.6. The highest BCUT2D eigenvalue weighted by Gasteiger charge is 2.08. The molecule has 1 aromatic rings. The first-order valence-electron chi connectivity index (χ1n) is 4.20. The molecule has 0 spiro atoms. The summed E-state index contributed by atoms with van der Waals surface area (Å²) in [7, 11) is 0. The summed E-state index contributed by atoms with van der Waals surface area (Å²) in [4.78, 5) is 0. The Balaban J connectivity index is 2.95. The van der Waals surface area contributed by atoms with Crippen LogP contribution in [-0.2, 0) is 6.61 Å². The number of aliphatic hydroxyl groups is 1. The van der Waals surface area contributed by atoms with Gasteiger partial charge in [-0.2, -0.15) is 5.26 Å². The van der Waals surface area contributed by atoms with E-state index in [1.54, 1.807) is 0 Å². The number of nitrogens with zero attached hydrogens (tertiary/aromatic N) is 1. The molecule has 74 valence electrons. The van der Waals surface area contributed by atoms with Gasteiger partial charge in [-0.3, -0.25) is 0 Å². The predicted molar refractivity (Wildman–Crippen MR) is 49.5 cm³/mol. The van der Waals surface area contributed by atoms with Crippen molar-refractivity contribution in [3.8, 4) is 6.07 Å². The summed E-state index contributed by atoms with van der Waals surface area (Å²) in [6, 6.07) is 5.77. The van der Waals surface area contributed by atoms with Gasteiger partial charge in [-0.25, -0.2) is 4.39 Å². The van der Waals surface area contributed by atoms with Crippen LogP contribution in [0.15, 0.2) is 18.2 Å². The number of halogens is 1. The van der Waals surface area contributed by atoms with Crippen LogP contribution in [0.1, 0.15) is 23.6 Å². The van der Waals surface area contributed by atoms with Crippen molar-refractivity contribution in [2.45, 2.75) is 19.1 Å². The quantitative estimate of drug-likeness (QED) is 0.760. The van der Waals surface area contributed by atoms with Crippen LogP contribution in [0.4, 0.5) is 4.39 Å². The summed E-state index contributed by atoms with van der Waals surface area (Å²) in [5, 5.41) is 17.2. The van der Waals surface area contributed by atoms with Gasteiger partial charge in [0.25, 0.3) is 0 Å². The highest BCUT2D eigenvalue weighted by molar-refractivity contribution is 5.27. The molecule has 0 aromatic heterocycles. The molecule has 0 amide bonds. The van der Waals surface area contributed by atoms with Gasteiger partial charge in [0.2, 0.25) is 0 Å². The number of nitrogens with two attached hydrogens (primary N) is 1. The Bertz CT molecular complexity index is 360. The average Bonchev–Trinajstić information content (AvgIpc) is 2.19. The standard InChI is InChI=1S/C10H11FN2O/c11-9-2-1-7(5-8(9)6-14)10(13)3-4-12/h1-2,5,10,14H,3,6,13H2. The van der Waals surface area contributed by atoms with Gasteiger partial charge >= 0.3 is 0 Å². The zero-order valence-corrected chi connectivity index (χ0v) is 7.57. The number of nitriles is 1. The lowest BCUT2D eigenvalue weighted by atomic mass is 10.0. The molecule has 1 unspecified atom stereocenters. The molecule has 0 aliphatic carbocycles. The van der Waals surface area contributed by atoms with Gasteiger partial charge in [0.1, 0.15) is 5.82 Å². The van der Waals surface area contributed by atoms with Gasteiger partial charge in [-0.15, -0.1) is 0 Å². The zero-order chi connectivity index (χ0) is 10.6. The molecule has 3 N–H and O–H groups in total. The molecule has 4 heteroatoms. The molecular weight excluding hydrogens is 183 g/mol. The molecule has 0 heterocycles. The molecule has 0 bridgehead atoms. The van der Waals surface area contributed by atoms with Crippen molar-refractivity contribution < 1.29 is 9.50 Å². The maximum Gasteiger partial charge on any atom is 0.128 e. The van der Waals surface area contributed by atoms with Crippen molar-refractivity contribution in [1.29, 1.82) is 5.26 Å². The van der Waals surface area contributed by atoms with Crippen molar-refractivity contribution >= 4 is 0 Å². The van der Waals surface area contributed by atoms with Crippen LogP contribution in [0.2, 0.25) is 0 Å². The second-order valence-corrected chi connectivity index (χ2v) is 2.98. The second-order valence-electron chi connectivity index (χ2n) is 2.98. The minimum Gasteiger partial charge on any atom is -0.392 e. The molecule has 0 saturated heterocycles. The van der Waals surface area contributed by atoms with Crippen LogP contribution in [0.25, 0.3) is 0 Å². The first-order chi connectivity index (χ1) is 6.69. The fraction of sp³-hybridized carbons (Fsp3) is 0.300. The van der Waals surface area contributed by atoms with E-state index >= 15 is 0 Å². The first-order valence-corrected chi connectivity index (χ1v) is 4.20. The number of rotatable bonds is 3. The minimum absolute atomic E-state index is 0.177. The molecule has 0 saturated carbocycles. The molecule has 0 aliphatic rings. The van der Waals surface area contributed by atoms with E-state index in [4.69, 9.17) is 16.1 Å². The monoisotopic (exact) mass is 194 g/mol. The zero-order valence-electron chi connectivity index (χ0n) is 7.57. The Hall–Kier alpha value is -1.44. The van der Waals surface area contributed by atoms with Gasteiger partial charge in [-0.05, 0) is 17.7 Å². The molecule has 0 radical (unpaired) electrons. The van der Waals surface area contributed by atoms with Crippen molar-refractivity contribution in [1.82, 2.24) is 0 Å². The molecule has 14 heavy (non-hydrogen) atoms. The molecule has 1 aromatic carbocycles. The SMILES string of the molecule is N#CCC(N)c1ccc(F)c(CO)c1. The lowest BCUT2D eigenvalue weighted by molar-refractivity contribution is 0.275. The summed E-state index contributed by atoms with van der Waals surface area (Å²) in [6.07, 6.45) is 0.177. The van der Waals surface area contributed by atoms with E-state index in [0.717, 1.165) is 0 Å². The lowest BCUT2D eigenvalue weighted by Crippen LogP contribution is -2.10. The van der Waals surface area contributed by atoms with E-state index in [-0.39, 0.29) is 18.6 Å². The summed E-state index contributed by atoms with van der Waals surface area (Å²) in [6.45, 7) is -0.362. The minimum atomic E-state index is -0.458. The summed E-state index contributed by atoms with van der Waals surface area (Å²) >= 11 is 0. The van der Waals surface area contributed by atoms with Crippen LogP contribution in [0, 0.1) is 17.1 Å². The fourth-order valence-corrected chi connectivity index (χ4v) is 1.16. The van der Waals surface area contributed by atoms with E-state index < -0.39 is 11.9 Å². The third-order valence-electron chi connectivity index (χ3n) is 1.98. The maximum absolute atomic E-state index is 13.0. The maximum atomic E-state index is 13.0. The number of hydrogen-bond acceptors (Lipinski definition) is 3. The Morgan fingerprint density at radius 2 is 2.29 bits per heavy atom. The summed E-state index contributed by atoms with van der Waals surface area (Å²) < 4.78 is 13.0. The van der Waals surface area contributed by atoms with Crippen LogP contribution in [0.3, 0.4) is 0 Å². The normalized spacial score (nSPS) is 12.1. The fourth-order valence-electron chi connectivity index (χ4n) is 1.16. The summed E-state index contributed by atoms with van der Waals surface area (Å²) in [5.74, 6) is -0.458. The van der Waals surface area contributed by atoms with Gasteiger partial charge in [0.15, 0.2) is 0 Å². The predicted octanol–water partition coefficient (Wildman–Crippen LogP) is 1.23. The Kier molecular flexibility index (Phi) is 3.57. The topological polar surface area (TPSA) is 70.0 Å². The third kappa shape index (κ3) is 2.28. The smallest absolute Gasteiger partial charge is 0.128 e. The van der Waals surface area contributed by atoms with Crippen LogP contribution >= 0.6 is 0 Å². The molecule has 0 fully saturated rings. The number of hydrogen-bond donors (Lipinski definition) is 2. The molecule has 3 nitrogen and oxygen atoms in total. The van der Waals surface area contributed by atoms with E-state index in [1.807, 2.05) is 6.07 Å². The highest BCUT2D eigenvalue weighted by atomic mass is 19.1. The van der Waals surface area contributed by atoms with Crippen LogP contribution in [0.5, 0.6) is 0 Å². The Morgan fingerprint density at radius 1 is 1.57 bits per heavy atom. The van der Waals surface area contributed by atoms with Crippen LogP contribution < -0.4 is 5.73 Å². The highest BCUT2D eigenvalue weighted by Crippen LogP contribution is 2.17. The largest absolute Gasteiger partial charge is 0.392 e. The van der Waals surface area contributed by atoms with E-state index in [0.29, 0.717) is 5.56 Å². The molecule has 1 rings (SSSR count).